The molecule has 0 aliphatic heterocycles. The van der Waals surface area contributed by atoms with Crippen LogP contribution in [0.2, 0.25) is 0 Å². The Hall–Kier alpha value is -5.45. The lowest BCUT2D eigenvalue weighted by atomic mass is 10.0. The van der Waals surface area contributed by atoms with Crippen molar-refractivity contribution < 1.29 is 39.0 Å². The Morgan fingerprint density at radius 2 is 0.870 bits per heavy atom. The Balaban J connectivity index is 6.23. The van der Waals surface area contributed by atoms with E-state index in [1.807, 2.05) is 0 Å². The van der Waals surface area contributed by atoms with Gasteiger partial charge in [0.25, 0.3) is 0 Å². The molecule has 0 fully saturated rings. The van der Waals surface area contributed by atoms with Gasteiger partial charge in [-0.3, -0.25) is 38.9 Å². The second-order valence-corrected chi connectivity index (χ2v) is 13.1. The number of nitrogens with zero attached hydrogens (tertiary/aromatic N) is 3. The van der Waals surface area contributed by atoms with E-state index in [1.165, 1.54) is 0 Å². The van der Waals surface area contributed by atoms with Crippen LogP contribution in [0.15, 0.2) is 15.0 Å². The smallest absolute Gasteiger partial charge is 0.326 e. The second-order valence-electron chi connectivity index (χ2n) is 13.1. The standard InChI is InChI=1S/C31H61N15O8/c1-15(2)21(45-23(48)17(32)8-5-11-39-29(33)34)27(52)43-19(10-7-13-41-31(37)38)24(49)42-18(9-6-12-40-30(35)36)25(50)44-20(14-47)26(51)46-22(16(3)4)28(53)54/h15-22,47H,5-14,32H2,1-4H3,(H,42,49)(H,43,52)(H,44,50)(H,45,48)(H,46,51)(H,53,54)(H4,33,34,39)(H4,35,36,40)(H4,37,38,41)/t17-,18-,19-,20-,21-,22-/m0/s1. The highest BCUT2D eigenvalue weighted by Crippen LogP contribution is 2.09. The summed E-state index contributed by atoms with van der Waals surface area (Å²) in [7, 11) is 0. The lowest BCUT2D eigenvalue weighted by molar-refractivity contribution is -0.143. The summed E-state index contributed by atoms with van der Waals surface area (Å²) < 4.78 is 0. The van der Waals surface area contributed by atoms with Crippen LogP contribution in [0.1, 0.15) is 66.2 Å². The van der Waals surface area contributed by atoms with Crippen LogP contribution in [-0.2, 0) is 28.8 Å². The van der Waals surface area contributed by atoms with Crippen LogP contribution in [0, 0.1) is 11.8 Å². The third-order valence-corrected chi connectivity index (χ3v) is 7.75. The number of carboxylic acids is 1. The summed E-state index contributed by atoms with van der Waals surface area (Å²) in [6, 6.07) is -7.66. The SMILES string of the molecule is CC(C)[C@H](NC(=O)[C@H](CO)NC(=O)[C@H](CCCN=C(N)N)NC(=O)[C@H](CCCN=C(N)N)NC(=O)[C@@H](NC(=O)[C@@H](N)CCCN=C(N)N)C(C)C)C(=O)O. The molecule has 0 radical (unpaired) electrons. The number of guanidine groups is 3. The topological polar surface area (TPSA) is 422 Å². The van der Waals surface area contributed by atoms with Gasteiger partial charge in [0.2, 0.25) is 29.5 Å². The van der Waals surface area contributed by atoms with Gasteiger partial charge in [0.05, 0.1) is 12.6 Å². The number of aliphatic carboxylic acids is 1. The van der Waals surface area contributed by atoms with Gasteiger partial charge in [0.15, 0.2) is 17.9 Å². The number of carboxylic acid groups (broad SMARTS) is 1. The van der Waals surface area contributed by atoms with E-state index in [2.05, 4.69) is 41.6 Å². The minimum Gasteiger partial charge on any atom is -0.480 e. The van der Waals surface area contributed by atoms with Crippen LogP contribution >= 0.6 is 0 Å². The van der Waals surface area contributed by atoms with E-state index in [4.69, 9.17) is 40.1 Å². The first kappa shape index (κ1) is 48.5. The van der Waals surface area contributed by atoms with Gasteiger partial charge in [-0.05, 0) is 50.4 Å². The number of nitrogens with two attached hydrogens (primary N) is 7. The average Bonchev–Trinajstić information content (AvgIpc) is 3.07. The summed E-state index contributed by atoms with van der Waals surface area (Å²) in [5, 5.41) is 31.8. The van der Waals surface area contributed by atoms with Crippen LogP contribution in [0.5, 0.6) is 0 Å². The first-order chi connectivity index (χ1) is 25.2. The van der Waals surface area contributed by atoms with E-state index in [0.29, 0.717) is 6.42 Å². The van der Waals surface area contributed by atoms with Gasteiger partial charge in [0, 0.05) is 19.6 Å². The lowest BCUT2D eigenvalue weighted by Gasteiger charge is -2.28. The van der Waals surface area contributed by atoms with E-state index in [1.54, 1.807) is 27.7 Å². The van der Waals surface area contributed by atoms with Crippen molar-refractivity contribution in [3.05, 3.63) is 0 Å². The number of hydrogen-bond donors (Lipinski definition) is 14. The van der Waals surface area contributed by atoms with Crippen molar-refractivity contribution in [3.63, 3.8) is 0 Å². The van der Waals surface area contributed by atoms with Gasteiger partial charge in [-0.1, -0.05) is 27.7 Å². The highest BCUT2D eigenvalue weighted by atomic mass is 16.4. The second kappa shape index (κ2) is 25.5. The summed E-state index contributed by atoms with van der Waals surface area (Å²) in [5.74, 6) is -6.86. The van der Waals surface area contributed by atoms with Crippen molar-refractivity contribution in [2.24, 2.45) is 66.9 Å². The molecule has 0 aliphatic rings. The number of rotatable bonds is 26. The Morgan fingerprint density at radius 3 is 1.24 bits per heavy atom. The molecule has 23 nitrogen and oxygen atoms in total. The van der Waals surface area contributed by atoms with Gasteiger partial charge in [-0.2, -0.15) is 0 Å². The van der Waals surface area contributed by atoms with Crippen LogP contribution < -0.4 is 66.7 Å². The van der Waals surface area contributed by atoms with Gasteiger partial charge in [-0.15, -0.1) is 0 Å². The molecule has 54 heavy (non-hydrogen) atoms. The zero-order valence-electron chi connectivity index (χ0n) is 31.4. The maximum absolute atomic E-state index is 13.8. The van der Waals surface area contributed by atoms with Crippen LogP contribution in [-0.4, -0.2) is 126 Å². The van der Waals surface area contributed by atoms with Gasteiger partial charge >= 0.3 is 5.97 Å². The van der Waals surface area contributed by atoms with Crippen LogP contribution in [0.25, 0.3) is 0 Å². The molecular weight excluding hydrogens is 710 g/mol. The highest BCUT2D eigenvalue weighted by molar-refractivity contribution is 5.96. The first-order valence-corrected chi connectivity index (χ1v) is 17.5. The zero-order chi connectivity index (χ0) is 41.5. The normalized spacial score (nSPS) is 14.2. The van der Waals surface area contributed by atoms with Crippen LogP contribution in [0.4, 0.5) is 0 Å². The fraction of sp³-hybridized carbons (Fsp3) is 0.710. The number of carbonyl (C=O) groups excluding carboxylic acids is 5. The number of aliphatic hydroxyl groups excluding tert-OH is 1. The van der Waals surface area contributed by atoms with Crippen molar-refractivity contribution in [2.75, 3.05) is 26.2 Å². The Morgan fingerprint density at radius 1 is 0.519 bits per heavy atom. The molecule has 0 bridgehead atoms. The predicted octanol–water partition coefficient (Wildman–Crippen LogP) is -5.71. The minimum absolute atomic E-state index is 0.0206. The minimum atomic E-state index is -1.58. The fourth-order valence-electron chi connectivity index (χ4n) is 4.76. The fourth-order valence-corrected chi connectivity index (χ4v) is 4.76. The third-order valence-electron chi connectivity index (χ3n) is 7.75. The van der Waals surface area contributed by atoms with E-state index in [0.717, 1.165) is 0 Å². The van der Waals surface area contributed by atoms with Crippen molar-refractivity contribution in [1.82, 2.24) is 26.6 Å². The Bertz CT molecular complexity index is 1330. The number of aliphatic imine (C=N–C) groups is 3. The molecule has 0 aromatic rings. The molecule has 6 atom stereocenters. The number of hydrogen-bond acceptors (Lipinski definition) is 11. The van der Waals surface area contributed by atoms with E-state index < -0.39 is 90.2 Å². The molecule has 0 heterocycles. The molecule has 0 unspecified atom stereocenters. The molecule has 5 amide bonds. The largest absolute Gasteiger partial charge is 0.480 e. The monoisotopic (exact) mass is 771 g/mol. The number of amides is 5. The van der Waals surface area contributed by atoms with E-state index in [9.17, 15) is 39.0 Å². The molecule has 0 saturated carbocycles. The molecule has 0 aromatic carbocycles. The van der Waals surface area contributed by atoms with Crippen molar-refractivity contribution in [2.45, 2.75) is 102 Å². The molecule has 0 spiro atoms. The zero-order valence-corrected chi connectivity index (χ0v) is 31.4. The number of aliphatic hydroxyl groups is 1. The van der Waals surface area contributed by atoms with Gasteiger partial charge in [-0.25, -0.2) is 4.79 Å². The molecule has 0 saturated heterocycles. The predicted molar refractivity (Wildman–Crippen MR) is 202 cm³/mol. The molecule has 21 N–H and O–H groups in total. The Labute approximate surface area is 314 Å². The summed E-state index contributed by atoms with van der Waals surface area (Å²) >= 11 is 0. The molecular formula is C31H61N15O8. The van der Waals surface area contributed by atoms with E-state index in [-0.39, 0.29) is 69.6 Å². The van der Waals surface area contributed by atoms with Crippen molar-refractivity contribution >= 4 is 53.4 Å². The average molecular weight is 772 g/mol. The third kappa shape index (κ3) is 20.0. The molecule has 0 aromatic heterocycles. The Kier molecular flexibility index (Phi) is 22.9. The lowest BCUT2D eigenvalue weighted by Crippen LogP contribution is -2.60. The summed E-state index contributed by atoms with van der Waals surface area (Å²) in [6.07, 6.45) is 0.883. The summed E-state index contributed by atoms with van der Waals surface area (Å²) in [6.45, 7) is 5.97. The molecule has 23 heteroatoms. The molecule has 0 rings (SSSR count). The van der Waals surface area contributed by atoms with Gasteiger partial charge in [0.1, 0.15) is 30.2 Å². The van der Waals surface area contributed by atoms with Gasteiger partial charge < -0.3 is 76.9 Å². The maximum atomic E-state index is 13.8. The quantitative estimate of drug-likeness (QED) is 0.0221. The number of carbonyl (C=O) groups is 6. The first-order valence-electron chi connectivity index (χ1n) is 17.5. The van der Waals surface area contributed by atoms with Crippen molar-refractivity contribution in [1.29, 1.82) is 0 Å². The van der Waals surface area contributed by atoms with Crippen LogP contribution in [0.3, 0.4) is 0 Å². The maximum Gasteiger partial charge on any atom is 0.326 e. The van der Waals surface area contributed by atoms with Crippen molar-refractivity contribution in [3.8, 4) is 0 Å². The van der Waals surface area contributed by atoms with E-state index >= 15 is 0 Å². The summed E-state index contributed by atoms with van der Waals surface area (Å²) in [4.78, 5) is 89.8. The molecule has 308 valence electrons. The summed E-state index contributed by atoms with van der Waals surface area (Å²) in [5.41, 5.74) is 38.3. The number of nitrogens with one attached hydrogen (secondary N) is 5. The highest BCUT2D eigenvalue weighted by Gasteiger charge is 2.33. The molecule has 0 aliphatic carbocycles.